The minimum atomic E-state index is -2.21. The fraction of sp³-hybridized carbons (Fsp3) is 0.300. The summed E-state index contributed by atoms with van der Waals surface area (Å²) >= 11 is 0. The molecule has 4 nitrogen and oxygen atoms in total. The second-order valence-corrected chi connectivity index (χ2v) is 4.71. The van der Waals surface area contributed by atoms with Crippen molar-refractivity contribution in [3.05, 3.63) is 30.3 Å². The number of aliphatic carboxylic acids is 1. The standard InChI is InChI=1S/C10H12O4S/c1-2-10(13,9(11)12)15(14)8-6-4-3-5-7-8/h3-7,13H,2H2,1H3,(H,11,12). The van der Waals surface area contributed by atoms with E-state index in [1.54, 1.807) is 18.2 Å². The topological polar surface area (TPSA) is 74.6 Å². The number of benzene rings is 1. The molecule has 2 N–H and O–H groups in total. The van der Waals surface area contributed by atoms with Crippen LogP contribution in [0.2, 0.25) is 0 Å². The molecular formula is C10H12O4S. The van der Waals surface area contributed by atoms with Gasteiger partial charge in [0.15, 0.2) is 0 Å². The molecular weight excluding hydrogens is 216 g/mol. The fourth-order valence-electron chi connectivity index (χ4n) is 1.10. The molecule has 1 aromatic carbocycles. The van der Waals surface area contributed by atoms with E-state index in [1.807, 2.05) is 0 Å². The van der Waals surface area contributed by atoms with Crippen LogP contribution >= 0.6 is 0 Å². The first kappa shape index (κ1) is 11.9. The van der Waals surface area contributed by atoms with E-state index in [0.717, 1.165) is 0 Å². The lowest BCUT2D eigenvalue weighted by molar-refractivity contribution is -0.149. The number of carboxylic acids is 1. The molecule has 2 atom stereocenters. The molecule has 0 saturated heterocycles. The first-order chi connectivity index (χ1) is 7.02. The Bertz CT molecular complexity index is 376. The maximum absolute atomic E-state index is 11.8. The van der Waals surface area contributed by atoms with E-state index < -0.39 is 21.7 Å². The Morgan fingerprint density at radius 3 is 2.33 bits per heavy atom. The third-order valence-corrected chi connectivity index (χ3v) is 3.85. The van der Waals surface area contributed by atoms with Crippen molar-refractivity contribution in [1.29, 1.82) is 0 Å². The summed E-state index contributed by atoms with van der Waals surface area (Å²) in [4.78, 5) is 8.93. The Kier molecular flexibility index (Phi) is 3.60. The maximum atomic E-state index is 11.8. The molecule has 0 spiro atoms. The van der Waals surface area contributed by atoms with E-state index in [2.05, 4.69) is 0 Å². The first-order valence-electron chi connectivity index (χ1n) is 4.45. The zero-order chi connectivity index (χ0) is 11.5. The molecule has 0 bridgehead atoms. The summed E-state index contributed by atoms with van der Waals surface area (Å²) in [6.07, 6.45) is -0.107. The Labute approximate surface area is 90.0 Å². The minimum absolute atomic E-state index is 0.107. The summed E-state index contributed by atoms with van der Waals surface area (Å²) in [6.45, 7) is 1.48. The lowest BCUT2D eigenvalue weighted by Crippen LogP contribution is -2.42. The lowest BCUT2D eigenvalue weighted by atomic mass is 10.3. The molecule has 82 valence electrons. The number of rotatable bonds is 4. The van der Waals surface area contributed by atoms with Gasteiger partial charge in [0.2, 0.25) is 4.93 Å². The van der Waals surface area contributed by atoms with Crippen molar-refractivity contribution in [2.75, 3.05) is 0 Å². The largest absolute Gasteiger partial charge is 0.478 e. The van der Waals surface area contributed by atoms with E-state index in [1.165, 1.54) is 19.1 Å². The zero-order valence-electron chi connectivity index (χ0n) is 8.21. The van der Waals surface area contributed by atoms with Crippen LogP contribution < -0.4 is 0 Å². The van der Waals surface area contributed by atoms with Gasteiger partial charge in [-0.3, -0.25) is 4.21 Å². The highest BCUT2D eigenvalue weighted by atomic mass is 32.2. The number of carboxylic acid groups (broad SMARTS) is 1. The van der Waals surface area contributed by atoms with Crippen LogP contribution in [0.25, 0.3) is 0 Å². The summed E-state index contributed by atoms with van der Waals surface area (Å²) in [5.41, 5.74) is 0. The minimum Gasteiger partial charge on any atom is -0.478 e. The average molecular weight is 228 g/mol. The van der Waals surface area contributed by atoms with Gasteiger partial charge >= 0.3 is 5.97 Å². The number of hydrogen-bond acceptors (Lipinski definition) is 3. The number of carbonyl (C=O) groups is 1. The molecule has 0 amide bonds. The highest BCUT2D eigenvalue weighted by molar-refractivity contribution is 7.87. The highest BCUT2D eigenvalue weighted by Gasteiger charge is 2.41. The van der Waals surface area contributed by atoms with E-state index >= 15 is 0 Å². The monoisotopic (exact) mass is 228 g/mol. The van der Waals surface area contributed by atoms with Crippen LogP contribution in [0.15, 0.2) is 35.2 Å². The van der Waals surface area contributed by atoms with Gasteiger partial charge in [0.1, 0.15) is 0 Å². The van der Waals surface area contributed by atoms with Crippen molar-refractivity contribution < 1.29 is 19.2 Å². The summed E-state index contributed by atoms with van der Waals surface area (Å²) < 4.78 is 11.8. The molecule has 2 unspecified atom stereocenters. The second-order valence-electron chi connectivity index (χ2n) is 3.02. The lowest BCUT2D eigenvalue weighted by Gasteiger charge is -2.20. The predicted octanol–water partition coefficient (Wildman–Crippen LogP) is 0.977. The van der Waals surface area contributed by atoms with Gasteiger partial charge in [0.25, 0.3) is 0 Å². The smallest absolute Gasteiger partial charge is 0.349 e. The Morgan fingerprint density at radius 2 is 1.93 bits per heavy atom. The van der Waals surface area contributed by atoms with Crippen LogP contribution in [-0.2, 0) is 15.6 Å². The van der Waals surface area contributed by atoms with Gasteiger partial charge in [-0.15, -0.1) is 0 Å². The zero-order valence-corrected chi connectivity index (χ0v) is 9.03. The van der Waals surface area contributed by atoms with Gasteiger partial charge in [-0.1, -0.05) is 25.1 Å². The molecule has 1 aromatic rings. The second kappa shape index (κ2) is 4.55. The molecule has 0 heterocycles. The summed E-state index contributed by atoms with van der Waals surface area (Å²) in [6, 6.07) is 8.07. The normalized spacial score (nSPS) is 16.7. The molecule has 0 aliphatic carbocycles. The Hall–Kier alpha value is -1.20. The first-order valence-corrected chi connectivity index (χ1v) is 5.60. The SMILES string of the molecule is CCC(O)(C(=O)O)S(=O)c1ccccc1. The van der Waals surface area contributed by atoms with Crippen molar-refractivity contribution in [3.63, 3.8) is 0 Å². The average Bonchev–Trinajstić information content (AvgIpc) is 2.28. The molecule has 0 aromatic heterocycles. The highest BCUT2D eigenvalue weighted by Crippen LogP contribution is 2.22. The molecule has 0 saturated carbocycles. The van der Waals surface area contributed by atoms with E-state index in [0.29, 0.717) is 4.90 Å². The van der Waals surface area contributed by atoms with Crippen molar-refractivity contribution in [1.82, 2.24) is 0 Å². The third-order valence-electron chi connectivity index (χ3n) is 2.08. The fourth-order valence-corrected chi connectivity index (χ4v) is 2.32. The van der Waals surface area contributed by atoms with Crippen LogP contribution in [-0.4, -0.2) is 25.3 Å². The molecule has 0 aliphatic rings. The summed E-state index contributed by atoms with van der Waals surface area (Å²) in [5, 5.41) is 18.5. The van der Waals surface area contributed by atoms with Gasteiger partial charge < -0.3 is 10.2 Å². The third kappa shape index (κ3) is 2.24. The van der Waals surface area contributed by atoms with E-state index in [4.69, 9.17) is 5.11 Å². The Morgan fingerprint density at radius 1 is 1.40 bits per heavy atom. The number of hydrogen-bond donors (Lipinski definition) is 2. The van der Waals surface area contributed by atoms with Crippen LogP contribution in [0, 0.1) is 0 Å². The predicted molar refractivity (Wildman–Crippen MR) is 55.7 cm³/mol. The van der Waals surface area contributed by atoms with Crippen molar-refractivity contribution in [2.24, 2.45) is 0 Å². The molecule has 5 heteroatoms. The van der Waals surface area contributed by atoms with Crippen LogP contribution in [0.5, 0.6) is 0 Å². The van der Waals surface area contributed by atoms with Crippen LogP contribution in [0.4, 0.5) is 0 Å². The molecule has 0 aliphatic heterocycles. The summed E-state index contributed by atoms with van der Waals surface area (Å²) in [7, 11) is -1.96. The van der Waals surface area contributed by atoms with Crippen LogP contribution in [0.3, 0.4) is 0 Å². The van der Waals surface area contributed by atoms with Gasteiger partial charge in [0, 0.05) is 4.90 Å². The van der Waals surface area contributed by atoms with Crippen molar-refractivity contribution in [2.45, 2.75) is 23.2 Å². The maximum Gasteiger partial charge on any atom is 0.349 e. The van der Waals surface area contributed by atoms with Gasteiger partial charge in [0.05, 0.1) is 10.8 Å². The molecule has 15 heavy (non-hydrogen) atoms. The molecule has 1 rings (SSSR count). The number of aliphatic hydroxyl groups is 1. The van der Waals surface area contributed by atoms with E-state index in [-0.39, 0.29) is 6.42 Å². The van der Waals surface area contributed by atoms with Gasteiger partial charge in [-0.05, 0) is 18.6 Å². The Balaban J connectivity index is 3.08. The van der Waals surface area contributed by atoms with Crippen LogP contribution in [0.1, 0.15) is 13.3 Å². The van der Waals surface area contributed by atoms with Gasteiger partial charge in [-0.2, -0.15) is 0 Å². The van der Waals surface area contributed by atoms with E-state index in [9.17, 15) is 14.1 Å². The summed E-state index contributed by atoms with van der Waals surface area (Å²) in [5.74, 6) is -1.47. The van der Waals surface area contributed by atoms with Gasteiger partial charge in [-0.25, -0.2) is 4.79 Å². The van der Waals surface area contributed by atoms with Crippen molar-refractivity contribution in [3.8, 4) is 0 Å². The molecule has 0 fully saturated rings. The van der Waals surface area contributed by atoms with Crippen molar-refractivity contribution >= 4 is 16.8 Å². The molecule has 0 radical (unpaired) electrons. The quantitative estimate of drug-likeness (QED) is 0.805.